The molecule has 0 amide bonds. The van der Waals surface area contributed by atoms with Gasteiger partial charge in [-0.15, -0.1) is 11.3 Å². The van der Waals surface area contributed by atoms with Crippen molar-refractivity contribution >= 4 is 38.0 Å². The lowest BCUT2D eigenvalue weighted by molar-refractivity contribution is 0.415. The number of fused-ring (bicyclic) bond motifs is 1. The molecule has 0 aliphatic heterocycles. The molecule has 1 aromatic heterocycles. The molecule has 0 aliphatic carbocycles. The normalized spacial score (nSPS) is 10.6. The summed E-state index contributed by atoms with van der Waals surface area (Å²) in [4.78, 5) is 0. The van der Waals surface area contributed by atoms with E-state index in [-0.39, 0.29) is 0 Å². The average molecular weight is 214 g/mol. The zero-order chi connectivity index (χ0) is 9.42. The van der Waals surface area contributed by atoms with E-state index in [0.29, 0.717) is 10.8 Å². The van der Waals surface area contributed by atoms with Crippen LogP contribution in [0.2, 0.25) is 5.02 Å². The fourth-order valence-corrected chi connectivity index (χ4v) is 2.43. The van der Waals surface area contributed by atoms with E-state index >= 15 is 0 Å². The number of anilines is 1. The number of thiophene rings is 1. The molecule has 0 atom stereocenters. The van der Waals surface area contributed by atoms with Gasteiger partial charge in [-0.05, 0) is 18.2 Å². The van der Waals surface area contributed by atoms with Crippen LogP contribution in [0.4, 0.5) is 5.00 Å². The van der Waals surface area contributed by atoms with Gasteiger partial charge >= 0.3 is 0 Å². The molecule has 0 bridgehead atoms. The van der Waals surface area contributed by atoms with Crippen LogP contribution in [0.1, 0.15) is 0 Å². The number of rotatable bonds is 1. The van der Waals surface area contributed by atoms with Crippen LogP contribution < -0.4 is 10.5 Å². The third-order valence-corrected chi connectivity index (χ3v) is 3.16. The summed E-state index contributed by atoms with van der Waals surface area (Å²) in [5, 5.41) is 2.36. The van der Waals surface area contributed by atoms with E-state index in [1.54, 1.807) is 7.11 Å². The highest BCUT2D eigenvalue weighted by molar-refractivity contribution is 7.22. The van der Waals surface area contributed by atoms with Crippen LogP contribution in [0.25, 0.3) is 10.1 Å². The number of halogens is 1. The average Bonchev–Trinajstić information content (AvgIpc) is 2.47. The number of nitrogen functional groups attached to an aromatic ring is 1. The van der Waals surface area contributed by atoms with E-state index in [4.69, 9.17) is 22.1 Å². The molecular weight excluding hydrogens is 206 g/mol. The van der Waals surface area contributed by atoms with Crippen molar-refractivity contribution < 1.29 is 4.74 Å². The van der Waals surface area contributed by atoms with E-state index < -0.39 is 0 Å². The standard InChI is InChI=1S/C9H8ClNOS/c1-12-6-2-3-7-5(9(6)10)4-8(11)13-7/h2-4H,11H2,1H3. The summed E-state index contributed by atoms with van der Waals surface area (Å²) < 4.78 is 6.18. The van der Waals surface area contributed by atoms with Crippen molar-refractivity contribution in [1.82, 2.24) is 0 Å². The van der Waals surface area contributed by atoms with Gasteiger partial charge in [0.25, 0.3) is 0 Å². The number of ether oxygens (including phenoxy) is 1. The van der Waals surface area contributed by atoms with Gasteiger partial charge < -0.3 is 10.5 Å². The van der Waals surface area contributed by atoms with Crippen LogP contribution in [0.5, 0.6) is 5.75 Å². The molecule has 1 heterocycles. The predicted octanol–water partition coefficient (Wildman–Crippen LogP) is 3.15. The Morgan fingerprint density at radius 1 is 1.46 bits per heavy atom. The summed E-state index contributed by atoms with van der Waals surface area (Å²) >= 11 is 7.60. The molecule has 0 saturated carbocycles. The second-order valence-corrected chi connectivity index (χ2v) is 4.14. The summed E-state index contributed by atoms with van der Waals surface area (Å²) in [5.41, 5.74) is 5.67. The molecule has 2 aromatic rings. The van der Waals surface area contributed by atoms with Gasteiger partial charge in [0.05, 0.1) is 17.1 Å². The Morgan fingerprint density at radius 2 is 2.23 bits per heavy atom. The Morgan fingerprint density at radius 3 is 2.92 bits per heavy atom. The second kappa shape index (κ2) is 3.09. The lowest BCUT2D eigenvalue weighted by atomic mass is 10.2. The predicted molar refractivity (Wildman–Crippen MR) is 57.8 cm³/mol. The molecule has 2 rings (SSSR count). The summed E-state index contributed by atoms with van der Waals surface area (Å²) in [6, 6.07) is 5.67. The van der Waals surface area contributed by atoms with Crippen molar-refractivity contribution in [2.24, 2.45) is 0 Å². The van der Waals surface area contributed by atoms with E-state index in [9.17, 15) is 0 Å². The molecule has 0 saturated heterocycles. The minimum Gasteiger partial charge on any atom is -0.495 e. The minimum absolute atomic E-state index is 0.632. The summed E-state index contributed by atoms with van der Waals surface area (Å²) in [6.07, 6.45) is 0. The van der Waals surface area contributed by atoms with Crippen LogP contribution in [-0.4, -0.2) is 7.11 Å². The topological polar surface area (TPSA) is 35.2 Å². The lowest BCUT2D eigenvalue weighted by Crippen LogP contribution is -1.82. The SMILES string of the molecule is COc1ccc2sc(N)cc2c1Cl. The Balaban J connectivity index is 2.78. The van der Waals surface area contributed by atoms with Crippen LogP contribution in [0, 0.1) is 0 Å². The van der Waals surface area contributed by atoms with Gasteiger partial charge in [-0.2, -0.15) is 0 Å². The zero-order valence-corrected chi connectivity index (χ0v) is 8.58. The molecule has 0 aliphatic rings. The van der Waals surface area contributed by atoms with Gasteiger partial charge in [0.2, 0.25) is 0 Å². The van der Waals surface area contributed by atoms with Gasteiger partial charge in [0.15, 0.2) is 0 Å². The molecule has 0 spiro atoms. The van der Waals surface area contributed by atoms with Gasteiger partial charge in [-0.3, -0.25) is 0 Å². The minimum atomic E-state index is 0.632. The Hall–Kier alpha value is -0.930. The van der Waals surface area contributed by atoms with Gasteiger partial charge in [-0.25, -0.2) is 0 Å². The third kappa shape index (κ3) is 1.34. The number of nitrogens with two attached hydrogens (primary N) is 1. The molecule has 13 heavy (non-hydrogen) atoms. The number of benzene rings is 1. The van der Waals surface area contributed by atoms with Crippen molar-refractivity contribution in [2.75, 3.05) is 12.8 Å². The molecule has 2 nitrogen and oxygen atoms in total. The van der Waals surface area contributed by atoms with Crippen molar-refractivity contribution in [3.8, 4) is 5.75 Å². The van der Waals surface area contributed by atoms with Crippen molar-refractivity contribution in [3.05, 3.63) is 23.2 Å². The molecule has 4 heteroatoms. The highest BCUT2D eigenvalue weighted by Gasteiger charge is 2.07. The van der Waals surface area contributed by atoms with E-state index in [1.807, 2.05) is 18.2 Å². The van der Waals surface area contributed by atoms with E-state index in [0.717, 1.165) is 15.1 Å². The maximum atomic E-state index is 6.08. The monoisotopic (exact) mass is 213 g/mol. The first kappa shape index (κ1) is 8.66. The second-order valence-electron chi connectivity index (χ2n) is 2.64. The fraction of sp³-hybridized carbons (Fsp3) is 0.111. The molecule has 1 aromatic carbocycles. The Bertz CT molecular complexity index is 452. The first-order chi connectivity index (χ1) is 6.22. The summed E-state index contributed by atoms with van der Waals surface area (Å²) in [7, 11) is 1.60. The van der Waals surface area contributed by atoms with Gasteiger partial charge in [-0.1, -0.05) is 11.6 Å². The van der Waals surface area contributed by atoms with Crippen LogP contribution >= 0.6 is 22.9 Å². The van der Waals surface area contributed by atoms with Gasteiger partial charge in [0, 0.05) is 10.1 Å². The number of hydrogen-bond donors (Lipinski definition) is 1. The third-order valence-electron chi connectivity index (χ3n) is 1.84. The van der Waals surface area contributed by atoms with Crippen molar-refractivity contribution in [3.63, 3.8) is 0 Å². The largest absolute Gasteiger partial charge is 0.495 e. The molecule has 0 unspecified atom stereocenters. The first-order valence-corrected chi connectivity index (χ1v) is 4.93. The molecular formula is C9H8ClNOS. The van der Waals surface area contributed by atoms with E-state index in [1.165, 1.54) is 11.3 Å². The molecule has 0 radical (unpaired) electrons. The molecule has 0 fully saturated rings. The molecule has 68 valence electrons. The smallest absolute Gasteiger partial charge is 0.138 e. The summed E-state index contributed by atoms with van der Waals surface area (Å²) in [5.74, 6) is 0.687. The highest BCUT2D eigenvalue weighted by Crippen LogP contribution is 2.37. The van der Waals surface area contributed by atoms with Crippen LogP contribution in [0.3, 0.4) is 0 Å². The first-order valence-electron chi connectivity index (χ1n) is 3.74. The quantitative estimate of drug-likeness (QED) is 0.790. The number of methoxy groups -OCH3 is 1. The molecule has 2 N–H and O–H groups in total. The van der Waals surface area contributed by atoms with Crippen molar-refractivity contribution in [1.29, 1.82) is 0 Å². The zero-order valence-electron chi connectivity index (χ0n) is 7.00. The van der Waals surface area contributed by atoms with E-state index in [2.05, 4.69) is 0 Å². The Labute approximate surface area is 84.9 Å². The Kier molecular flexibility index (Phi) is 2.06. The highest BCUT2D eigenvalue weighted by atomic mass is 35.5. The fourth-order valence-electron chi connectivity index (χ4n) is 1.24. The van der Waals surface area contributed by atoms with Gasteiger partial charge in [0.1, 0.15) is 5.75 Å². The summed E-state index contributed by atoms with van der Waals surface area (Å²) in [6.45, 7) is 0. The lowest BCUT2D eigenvalue weighted by Gasteiger charge is -2.02. The van der Waals surface area contributed by atoms with Crippen molar-refractivity contribution in [2.45, 2.75) is 0 Å². The number of hydrogen-bond acceptors (Lipinski definition) is 3. The maximum Gasteiger partial charge on any atom is 0.138 e. The van der Waals surface area contributed by atoms with Crippen LogP contribution in [-0.2, 0) is 0 Å². The maximum absolute atomic E-state index is 6.08. The van der Waals surface area contributed by atoms with Crippen LogP contribution in [0.15, 0.2) is 18.2 Å².